The molecule has 0 aromatic heterocycles. The van der Waals surface area contributed by atoms with E-state index in [2.05, 4.69) is 0 Å². The monoisotopic (exact) mass is 384 g/mol. The molecule has 0 saturated carbocycles. The molecule has 2 heterocycles. The highest BCUT2D eigenvalue weighted by Gasteiger charge is 2.38. The number of carbonyl (C=O) groups excluding carboxylic acids is 2. The van der Waals surface area contributed by atoms with Crippen LogP contribution in [0.2, 0.25) is 0 Å². The van der Waals surface area contributed by atoms with E-state index in [1.54, 1.807) is 4.90 Å². The van der Waals surface area contributed by atoms with Crippen LogP contribution in [0.25, 0.3) is 0 Å². The van der Waals surface area contributed by atoms with Crippen molar-refractivity contribution in [2.75, 3.05) is 24.5 Å². The van der Waals surface area contributed by atoms with E-state index < -0.39 is 17.6 Å². The van der Waals surface area contributed by atoms with Crippen LogP contribution in [0.4, 0.5) is 14.5 Å². The molecule has 0 spiro atoms. The summed E-state index contributed by atoms with van der Waals surface area (Å²) in [6, 6.07) is 12.0. The van der Waals surface area contributed by atoms with Crippen molar-refractivity contribution in [2.24, 2.45) is 5.92 Å². The first-order valence-electron chi connectivity index (χ1n) is 9.64. The van der Waals surface area contributed by atoms with Crippen LogP contribution in [0.3, 0.4) is 0 Å². The summed E-state index contributed by atoms with van der Waals surface area (Å²) < 4.78 is 27.9. The summed E-state index contributed by atoms with van der Waals surface area (Å²) in [6.45, 7) is 1.30. The van der Waals surface area contributed by atoms with Gasteiger partial charge < -0.3 is 9.80 Å². The van der Waals surface area contributed by atoms with Crippen LogP contribution in [-0.4, -0.2) is 36.3 Å². The van der Waals surface area contributed by atoms with Crippen LogP contribution in [0.15, 0.2) is 42.5 Å². The molecule has 6 heteroatoms. The average molecular weight is 384 g/mol. The summed E-state index contributed by atoms with van der Waals surface area (Å²) in [6.07, 6.45) is 2.07. The molecule has 2 amide bonds. The van der Waals surface area contributed by atoms with Gasteiger partial charge in [-0.1, -0.05) is 30.3 Å². The number of halogens is 2. The van der Waals surface area contributed by atoms with Gasteiger partial charge in [0.15, 0.2) is 0 Å². The van der Waals surface area contributed by atoms with Crippen molar-refractivity contribution >= 4 is 17.5 Å². The molecule has 146 valence electrons. The van der Waals surface area contributed by atoms with Gasteiger partial charge in [0.25, 0.3) is 0 Å². The van der Waals surface area contributed by atoms with Gasteiger partial charge in [-0.2, -0.15) is 0 Å². The number of rotatable bonds is 4. The van der Waals surface area contributed by atoms with Crippen molar-refractivity contribution in [3.63, 3.8) is 0 Å². The maximum absolute atomic E-state index is 14.4. The molecule has 4 rings (SSSR count). The number of aryl methyl sites for hydroxylation is 1. The Labute approximate surface area is 162 Å². The smallest absolute Gasteiger partial charge is 0.232 e. The minimum atomic E-state index is -0.715. The Morgan fingerprint density at radius 1 is 1.14 bits per heavy atom. The zero-order valence-electron chi connectivity index (χ0n) is 15.5. The van der Waals surface area contributed by atoms with Gasteiger partial charge in [0.05, 0.1) is 11.6 Å². The molecule has 2 aliphatic rings. The SMILES string of the molecule is O=C1CC(C(=O)N2CCCc3cc(F)cc(F)c32)CN1CCc1ccccc1. The lowest BCUT2D eigenvalue weighted by Crippen LogP contribution is -2.41. The van der Waals surface area contributed by atoms with E-state index in [0.717, 1.165) is 18.1 Å². The van der Waals surface area contributed by atoms with Crippen LogP contribution in [0.1, 0.15) is 24.0 Å². The lowest BCUT2D eigenvalue weighted by Gasteiger charge is -2.31. The minimum absolute atomic E-state index is 0.0499. The molecule has 0 N–H and O–H groups in total. The number of carbonyl (C=O) groups is 2. The molecule has 2 aromatic rings. The van der Waals surface area contributed by atoms with E-state index in [-0.39, 0.29) is 23.9 Å². The van der Waals surface area contributed by atoms with Gasteiger partial charge >= 0.3 is 0 Å². The zero-order chi connectivity index (χ0) is 19.7. The Kier molecular flexibility index (Phi) is 5.11. The van der Waals surface area contributed by atoms with Gasteiger partial charge in [-0.05, 0) is 36.5 Å². The molecule has 0 bridgehead atoms. The molecule has 1 saturated heterocycles. The second-order valence-electron chi connectivity index (χ2n) is 7.47. The Hall–Kier alpha value is -2.76. The number of benzene rings is 2. The number of amides is 2. The molecule has 1 unspecified atom stereocenters. The molecule has 2 aromatic carbocycles. The van der Waals surface area contributed by atoms with Crippen LogP contribution in [-0.2, 0) is 22.4 Å². The van der Waals surface area contributed by atoms with E-state index >= 15 is 0 Å². The fourth-order valence-electron chi connectivity index (χ4n) is 4.15. The minimum Gasteiger partial charge on any atom is -0.342 e. The van der Waals surface area contributed by atoms with E-state index in [1.807, 2.05) is 30.3 Å². The second-order valence-corrected chi connectivity index (χ2v) is 7.47. The number of nitrogens with zero attached hydrogens (tertiary/aromatic N) is 2. The molecular weight excluding hydrogens is 362 g/mol. The molecule has 1 atom stereocenters. The van der Waals surface area contributed by atoms with Crippen LogP contribution >= 0.6 is 0 Å². The Morgan fingerprint density at radius 2 is 1.93 bits per heavy atom. The quantitative estimate of drug-likeness (QED) is 0.811. The highest BCUT2D eigenvalue weighted by Crippen LogP contribution is 2.33. The van der Waals surface area contributed by atoms with Gasteiger partial charge in [-0.3, -0.25) is 9.59 Å². The summed E-state index contributed by atoms with van der Waals surface area (Å²) in [7, 11) is 0. The standard InChI is InChI=1S/C22H22F2N2O2/c23-18-11-16-7-4-9-26(21(16)19(24)13-18)22(28)17-12-20(27)25(14-17)10-8-15-5-2-1-3-6-15/h1-3,5-6,11,13,17H,4,7-10,12,14H2. The largest absolute Gasteiger partial charge is 0.342 e. The summed E-state index contributed by atoms with van der Waals surface area (Å²) >= 11 is 0. The number of hydrogen-bond acceptors (Lipinski definition) is 2. The summed E-state index contributed by atoms with van der Waals surface area (Å²) in [5.74, 6) is -2.13. The second kappa shape index (κ2) is 7.70. The maximum Gasteiger partial charge on any atom is 0.232 e. The number of likely N-dealkylation sites (tertiary alicyclic amines) is 1. The van der Waals surface area contributed by atoms with Crippen molar-refractivity contribution in [2.45, 2.75) is 25.7 Å². The third kappa shape index (κ3) is 3.63. The number of anilines is 1. The first-order chi connectivity index (χ1) is 13.5. The predicted octanol–water partition coefficient (Wildman–Crippen LogP) is 3.34. The first kappa shape index (κ1) is 18.6. The first-order valence-corrected chi connectivity index (χ1v) is 9.64. The normalized spacial score (nSPS) is 19.1. The fraction of sp³-hybridized carbons (Fsp3) is 0.364. The van der Waals surface area contributed by atoms with Crippen LogP contribution in [0, 0.1) is 17.6 Å². The van der Waals surface area contributed by atoms with Crippen molar-refractivity contribution < 1.29 is 18.4 Å². The van der Waals surface area contributed by atoms with Gasteiger partial charge in [-0.15, -0.1) is 0 Å². The molecule has 4 nitrogen and oxygen atoms in total. The van der Waals surface area contributed by atoms with Gasteiger partial charge in [0.2, 0.25) is 11.8 Å². The summed E-state index contributed by atoms with van der Waals surface area (Å²) in [5.41, 5.74) is 1.83. The highest BCUT2D eigenvalue weighted by atomic mass is 19.1. The van der Waals surface area contributed by atoms with Gasteiger partial charge in [-0.25, -0.2) is 8.78 Å². The van der Waals surface area contributed by atoms with E-state index in [0.29, 0.717) is 38.0 Å². The fourth-order valence-corrected chi connectivity index (χ4v) is 4.15. The topological polar surface area (TPSA) is 40.6 Å². The third-order valence-corrected chi connectivity index (χ3v) is 5.55. The molecule has 0 aliphatic carbocycles. The van der Waals surface area contributed by atoms with Crippen LogP contribution < -0.4 is 4.90 Å². The lowest BCUT2D eigenvalue weighted by molar-refractivity contribution is -0.128. The Balaban J connectivity index is 1.46. The highest BCUT2D eigenvalue weighted by molar-refractivity contribution is 6.00. The third-order valence-electron chi connectivity index (χ3n) is 5.55. The number of fused-ring (bicyclic) bond motifs is 1. The zero-order valence-corrected chi connectivity index (χ0v) is 15.5. The van der Waals surface area contributed by atoms with Crippen LogP contribution in [0.5, 0.6) is 0 Å². The van der Waals surface area contributed by atoms with Crippen molar-refractivity contribution in [1.82, 2.24) is 4.90 Å². The maximum atomic E-state index is 14.4. The number of hydrogen-bond donors (Lipinski definition) is 0. The Morgan fingerprint density at radius 3 is 2.71 bits per heavy atom. The molecule has 1 fully saturated rings. The van der Waals surface area contributed by atoms with Crippen molar-refractivity contribution in [1.29, 1.82) is 0 Å². The lowest BCUT2D eigenvalue weighted by atomic mass is 9.98. The van der Waals surface area contributed by atoms with Gasteiger partial charge in [0, 0.05) is 32.1 Å². The van der Waals surface area contributed by atoms with Crippen molar-refractivity contribution in [3.8, 4) is 0 Å². The summed E-state index contributed by atoms with van der Waals surface area (Å²) in [5, 5.41) is 0. The average Bonchev–Trinajstić information content (AvgIpc) is 3.06. The van der Waals surface area contributed by atoms with Crippen molar-refractivity contribution in [3.05, 3.63) is 65.2 Å². The molecule has 28 heavy (non-hydrogen) atoms. The molecular formula is C22H22F2N2O2. The van der Waals surface area contributed by atoms with E-state index in [9.17, 15) is 18.4 Å². The van der Waals surface area contributed by atoms with E-state index in [4.69, 9.17) is 0 Å². The molecule has 0 radical (unpaired) electrons. The predicted molar refractivity (Wildman–Crippen MR) is 102 cm³/mol. The van der Waals surface area contributed by atoms with E-state index in [1.165, 1.54) is 11.0 Å². The molecule has 2 aliphatic heterocycles. The summed E-state index contributed by atoms with van der Waals surface area (Å²) in [4.78, 5) is 28.6. The van der Waals surface area contributed by atoms with Gasteiger partial charge in [0.1, 0.15) is 11.6 Å². The Bertz CT molecular complexity index is 901.